The maximum Gasteiger partial charge on any atom is 0.242 e. The van der Waals surface area contributed by atoms with Crippen LogP contribution >= 0.6 is 0 Å². The van der Waals surface area contributed by atoms with Crippen LogP contribution in [0.2, 0.25) is 0 Å². The van der Waals surface area contributed by atoms with Crippen LogP contribution in [0, 0.1) is 0 Å². The zero-order valence-corrected chi connectivity index (χ0v) is 16.4. The first-order valence-corrected chi connectivity index (χ1v) is 9.76. The van der Waals surface area contributed by atoms with Gasteiger partial charge in [0.1, 0.15) is 6.04 Å². The summed E-state index contributed by atoms with van der Waals surface area (Å²) in [5, 5.41) is 2.95. The number of hydrogen-bond acceptors (Lipinski definition) is 2. The molecule has 0 spiro atoms. The number of carbonyl (C=O) groups excluding carboxylic acids is 2. The van der Waals surface area contributed by atoms with Gasteiger partial charge in [0.15, 0.2) is 0 Å². The Morgan fingerprint density at radius 2 is 1.56 bits per heavy atom. The molecule has 1 atom stereocenters. The van der Waals surface area contributed by atoms with Crippen LogP contribution < -0.4 is 5.32 Å². The predicted molar refractivity (Wildman–Crippen MR) is 109 cm³/mol. The first-order valence-electron chi connectivity index (χ1n) is 9.76. The average molecular weight is 367 g/mol. The first-order chi connectivity index (χ1) is 13.1. The van der Waals surface area contributed by atoms with Crippen LogP contribution in [0.4, 0.5) is 0 Å². The van der Waals surface area contributed by atoms with Gasteiger partial charge in [-0.25, -0.2) is 0 Å². The fourth-order valence-corrected chi connectivity index (χ4v) is 2.98. The summed E-state index contributed by atoms with van der Waals surface area (Å²) in [6.07, 6.45) is 3.01. The molecule has 0 saturated carbocycles. The minimum atomic E-state index is -0.484. The molecule has 0 saturated heterocycles. The molecule has 0 heterocycles. The van der Waals surface area contributed by atoms with E-state index < -0.39 is 6.04 Å². The lowest BCUT2D eigenvalue weighted by atomic mass is 10.1. The number of nitrogens with zero attached hydrogens (tertiary/aromatic N) is 1. The number of carbonyl (C=O) groups is 2. The van der Waals surface area contributed by atoms with E-state index in [9.17, 15) is 9.59 Å². The Bertz CT molecular complexity index is 701. The molecule has 1 unspecified atom stereocenters. The second-order valence-corrected chi connectivity index (χ2v) is 6.81. The van der Waals surface area contributed by atoms with E-state index in [0.717, 1.165) is 30.4 Å². The summed E-state index contributed by atoms with van der Waals surface area (Å²) in [6, 6.07) is 19.3. The zero-order valence-electron chi connectivity index (χ0n) is 16.4. The molecule has 2 rings (SSSR count). The fraction of sp³-hybridized carbons (Fsp3) is 0.391. The summed E-state index contributed by atoms with van der Waals surface area (Å²) in [6.45, 7) is 5.08. The summed E-state index contributed by atoms with van der Waals surface area (Å²) < 4.78 is 0. The lowest BCUT2D eigenvalue weighted by Gasteiger charge is -2.29. The molecule has 0 bridgehead atoms. The van der Waals surface area contributed by atoms with Crippen molar-refractivity contribution in [1.29, 1.82) is 0 Å². The van der Waals surface area contributed by atoms with Crippen molar-refractivity contribution < 1.29 is 9.59 Å². The Hall–Kier alpha value is -2.62. The quantitative estimate of drug-likeness (QED) is 0.653. The van der Waals surface area contributed by atoms with E-state index >= 15 is 0 Å². The summed E-state index contributed by atoms with van der Waals surface area (Å²) in [7, 11) is 0. The lowest BCUT2D eigenvalue weighted by molar-refractivity contribution is -0.139. The summed E-state index contributed by atoms with van der Waals surface area (Å²) in [5.74, 6) is -0.104. The first kappa shape index (κ1) is 20.7. The second kappa shape index (κ2) is 11.2. The van der Waals surface area contributed by atoms with E-state index in [1.54, 1.807) is 4.90 Å². The molecule has 4 nitrogen and oxygen atoms in total. The van der Waals surface area contributed by atoms with Crippen molar-refractivity contribution in [2.75, 3.05) is 13.1 Å². The van der Waals surface area contributed by atoms with Crippen molar-refractivity contribution >= 4 is 11.8 Å². The highest BCUT2D eigenvalue weighted by molar-refractivity contribution is 5.88. The van der Waals surface area contributed by atoms with Crippen molar-refractivity contribution in [1.82, 2.24) is 10.2 Å². The van der Waals surface area contributed by atoms with Gasteiger partial charge in [0.25, 0.3) is 0 Å². The molecule has 2 aromatic carbocycles. The Kier molecular flexibility index (Phi) is 8.56. The van der Waals surface area contributed by atoms with E-state index in [0.29, 0.717) is 19.5 Å². The number of rotatable bonds is 10. The maximum atomic E-state index is 13.0. The molecule has 0 fully saturated rings. The van der Waals surface area contributed by atoms with E-state index in [2.05, 4.69) is 12.2 Å². The molecule has 2 amide bonds. The third-order valence-corrected chi connectivity index (χ3v) is 4.68. The van der Waals surface area contributed by atoms with Crippen molar-refractivity contribution in [2.45, 2.75) is 45.6 Å². The van der Waals surface area contributed by atoms with Crippen LogP contribution in [0.3, 0.4) is 0 Å². The smallest absolute Gasteiger partial charge is 0.242 e. The molecule has 0 aliphatic carbocycles. The van der Waals surface area contributed by atoms with Crippen LogP contribution in [0.15, 0.2) is 60.7 Å². The number of nitrogens with one attached hydrogen (secondary N) is 1. The standard InChI is InChI=1S/C23H30N2O2/c1-3-4-16-24-23(27)19(2)25(17-15-20-11-7-5-8-12-20)22(26)18-21-13-9-6-10-14-21/h5-14,19H,3-4,15-18H2,1-2H3,(H,24,27). The van der Waals surface area contributed by atoms with Gasteiger partial charge in [0.05, 0.1) is 6.42 Å². The van der Waals surface area contributed by atoms with Gasteiger partial charge in [0.2, 0.25) is 11.8 Å². The SMILES string of the molecule is CCCCNC(=O)C(C)N(CCc1ccccc1)C(=O)Cc1ccccc1. The van der Waals surface area contributed by atoms with Gasteiger partial charge in [-0.15, -0.1) is 0 Å². The maximum absolute atomic E-state index is 13.0. The molecule has 0 aliphatic heterocycles. The van der Waals surface area contributed by atoms with Crippen LogP contribution in [0.5, 0.6) is 0 Å². The fourth-order valence-electron chi connectivity index (χ4n) is 2.98. The molecule has 0 aliphatic rings. The van der Waals surface area contributed by atoms with Gasteiger partial charge in [-0.3, -0.25) is 9.59 Å². The van der Waals surface area contributed by atoms with Gasteiger partial charge in [0, 0.05) is 13.1 Å². The average Bonchev–Trinajstić information content (AvgIpc) is 2.69. The highest BCUT2D eigenvalue weighted by atomic mass is 16.2. The Labute approximate surface area is 162 Å². The Morgan fingerprint density at radius 1 is 0.963 bits per heavy atom. The minimum absolute atomic E-state index is 0.0183. The van der Waals surface area contributed by atoms with Crippen LogP contribution in [-0.2, 0) is 22.4 Å². The Balaban J connectivity index is 2.06. The molecule has 1 N–H and O–H groups in total. The molecule has 144 valence electrons. The number of hydrogen-bond donors (Lipinski definition) is 1. The van der Waals surface area contributed by atoms with E-state index in [1.807, 2.05) is 67.6 Å². The molecule has 0 aromatic heterocycles. The third kappa shape index (κ3) is 6.89. The molecule has 27 heavy (non-hydrogen) atoms. The van der Waals surface area contributed by atoms with Crippen LogP contribution in [-0.4, -0.2) is 35.8 Å². The third-order valence-electron chi connectivity index (χ3n) is 4.68. The normalized spacial score (nSPS) is 11.6. The van der Waals surface area contributed by atoms with Crippen LogP contribution in [0.1, 0.15) is 37.8 Å². The van der Waals surface area contributed by atoms with Gasteiger partial charge in [-0.05, 0) is 30.9 Å². The van der Waals surface area contributed by atoms with E-state index in [1.165, 1.54) is 0 Å². The van der Waals surface area contributed by atoms with Gasteiger partial charge >= 0.3 is 0 Å². The van der Waals surface area contributed by atoms with E-state index in [4.69, 9.17) is 0 Å². The summed E-state index contributed by atoms with van der Waals surface area (Å²) in [4.78, 5) is 27.2. The Morgan fingerprint density at radius 3 is 2.15 bits per heavy atom. The summed E-state index contributed by atoms with van der Waals surface area (Å²) >= 11 is 0. The predicted octanol–water partition coefficient (Wildman–Crippen LogP) is 3.61. The molecule has 4 heteroatoms. The highest BCUT2D eigenvalue weighted by Gasteiger charge is 2.25. The number of amides is 2. The molecule has 0 radical (unpaired) electrons. The molecular weight excluding hydrogens is 336 g/mol. The van der Waals surface area contributed by atoms with Gasteiger partial charge in [-0.1, -0.05) is 74.0 Å². The van der Waals surface area contributed by atoms with Crippen molar-refractivity contribution in [3.8, 4) is 0 Å². The van der Waals surface area contributed by atoms with Gasteiger partial charge in [-0.2, -0.15) is 0 Å². The molecular formula is C23H30N2O2. The highest BCUT2D eigenvalue weighted by Crippen LogP contribution is 2.10. The van der Waals surface area contributed by atoms with Crippen molar-refractivity contribution in [2.24, 2.45) is 0 Å². The largest absolute Gasteiger partial charge is 0.354 e. The molecule has 2 aromatic rings. The zero-order chi connectivity index (χ0) is 19.5. The summed E-state index contributed by atoms with van der Waals surface area (Å²) in [5.41, 5.74) is 2.12. The van der Waals surface area contributed by atoms with Crippen molar-refractivity contribution in [3.05, 3.63) is 71.8 Å². The second-order valence-electron chi connectivity index (χ2n) is 6.81. The minimum Gasteiger partial charge on any atom is -0.354 e. The van der Waals surface area contributed by atoms with Gasteiger partial charge < -0.3 is 10.2 Å². The lowest BCUT2D eigenvalue weighted by Crippen LogP contribution is -2.49. The number of benzene rings is 2. The monoisotopic (exact) mass is 366 g/mol. The topological polar surface area (TPSA) is 49.4 Å². The van der Waals surface area contributed by atoms with E-state index in [-0.39, 0.29) is 11.8 Å². The number of unbranched alkanes of at least 4 members (excludes halogenated alkanes) is 1. The van der Waals surface area contributed by atoms with Crippen molar-refractivity contribution in [3.63, 3.8) is 0 Å². The van der Waals surface area contributed by atoms with Crippen LogP contribution in [0.25, 0.3) is 0 Å².